The zero-order valence-corrected chi connectivity index (χ0v) is 13.1. The summed E-state index contributed by atoms with van der Waals surface area (Å²) in [5.74, 6) is 0. The van der Waals surface area contributed by atoms with Crippen molar-refractivity contribution in [3.8, 4) is 0 Å². The Hall–Kier alpha value is -1.58. The summed E-state index contributed by atoms with van der Waals surface area (Å²) in [6, 6.07) is 13.6. The molecule has 110 valence electrons. The first-order valence-corrected chi connectivity index (χ1v) is 7.70. The van der Waals surface area contributed by atoms with Crippen LogP contribution >= 0.6 is 23.2 Å². The largest absolute Gasteiger partial charge is 0.397 e. The van der Waals surface area contributed by atoms with E-state index >= 15 is 0 Å². The average molecular weight is 322 g/mol. The Morgan fingerprint density at radius 1 is 0.810 bits per heavy atom. The van der Waals surface area contributed by atoms with E-state index in [-0.39, 0.29) is 0 Å². The highest BCUT2D eigenvalue weighted by Gasteiger charge is 2.20. The van der Waals surface area contributed by atoms with E-state index in [4.69, 9.17) is 28.9 Å². The third kappa shape index (κ3) is 3.04. The van der Waals surface area contributed by atoms with Crippen molar-refractivity contribution in [2.45, 2.75) is 0 Å². The van der Waals surface area contributed by atoms with Gasteiger partial charge in [0.1, 0.15) is 0 Å². The van der Waals surface area contributed by atoms with Gasteiger partial charge in [-0.05, 0) is 30.3 Å². The first kappa shape index (κ1) is 14.4. The molecule has 1 aliphatic heterocycles. The second kappa shape index (κ2) is 6.04. The van der Waals surface area contributed by atoms with E-state index in [2.05, 4.69) is 15.9 Å². The predicted molar refractivity (Wildman–Crippen MR) is 91.7 cm³/mol. The minimum atomic E-state index is 0.672. The van der Waals surface area contributed by atoms with Crippen molar-refractivity contribution >= 4 is 40.3 Å². The molecule has 0 saturated carbocycles. The Morgan fingerprint density at radius 2 is 1.43 bits per heavy atom. The molecule has 3 nitrogen and oxygen atoms in total. The van der Waals surface area contributed by atoms with Crippen LogP contribution in [0.2, 0.25) is 10.0 Å². The Morgan fingerprint density at radius 3 is 2.05 bits per heavy atom. The quantitative estimate of drug-likeness (QED) is 0.851. The molecule has 0 unspecified atom stereocenters. The summed E-state index contributed by atoms with van der Waals surface area (Å²) in [5.41, 5.74) is 8.95. The van der Waals surface area contributed by atoms with Gasteiger partial charge in [-0.25, -0.2) is 0 Å². The Kier molecular flexibility index (Phi) is 4.13. The van der Waals surface area contributed by atoms with Gasteiger partial charge < -0.3 is 15.5 Å². The SMILES string of the molecule is Nc1cc(Cl)ccc1N1CCN(c2ccccc2Cl)CC1. The maximum absolute atomic E-state index is 6.26. The standard InChI is InChI=1S/C16H17Cl2N3/c17-12-5-6-16(14(19)11-12)21-9-7-20(8-10-21)15-4-2-1-3-13(15)18/h1-6,11H,7-10,19H2. The smallest absolute Gasteiger partial charge is 0.0639 e. The number of para-hydroxylation sites is 1. The van der Waals surface area contributed by atoms with Gasteiger partial charge in [0, 0.05) is 31.2 Å². The zero-order chi connectivity index (χ0) is 14.8. The lowest BCUT2D eigenvalue weighted by Gasteiger charge is -2.38. The molecule has 1 heterocycles. The van der Waals surface area contributed by atoms with Gasteiger partial charge in [-0.2, -0.15) is 0 Å². The molecule has 2 aromatic carbocycles. The summed E-state index contributed by atoms with van der Waals surface area (Å²) in [5, 5.41) is 1.47. The van der Waals surface area contributed by atoms with Gasteiger partial charge in [0.15, 0.2) is 0 Å². The Balaban J connectivity index is 1.72. The summed E-state index contributed by atoms with van der Waals surface area (Å²) in [6.07, 6.45) is 0. The molecule has 0 spiro atoms. The van der Waals surface area contributed by atoms with Crippen LogP contribution in [0.5, 0.6) is 0 Å². The van der Waals surface area contributed by atoms with Crippen LogP contribution in [0, 0.1) is 0 Å². The van der Waals surface area contributed by atoms with Crippen LogP contribution in [-0.4, -0.2) is 26.2 Å². The maximum atomic E-state index is 6.26. The van der Waals surface area contributed by atoms with Crippen LogP contribution in [0.3, 0.4) is 0 Å². The number of halogens is 2. The number of rotatable bonds is 2. The molecular formula is C16H17Cl2N3. The van der Waals surface area contributed by atoms with Gasteiger partial charge in [0.25, 0.3) is 0 Å². The highest BCUT2D eigenvalue weighted by Crippen LogP contribution is 2.30. The Labute approximate surface area is 134 Å². The molecule has 0 atom stereocenters. The maximum Gasteiger partial charge on any atom is 0.0639 e. The fraction of sp³-hybridized carbons (Fsp3) is 0.250. The first-order valence-electron chi connectivity index (χ1n) is 6.94. The molecule has 5 heteroatoms. The van der Waals surface area contributed by atoms with Crippen LogP contribution in [0.1, 0.15) is 0 Å². The minimum Gasteiger partial charge on any atom is -0.397 e. The van der Waals surface area contributed by atoms with Gasteiger partial charge in [-0.1, -0.05) is 35.3 Å². The molecule has 0 bridgehead atoms. The number of nitrogens with two attached hydrogens (primary N) is 1. The molecule has 0 radical (unpaired) electrons. The van der Waals surface area contributed by atoms with Gasteiger partial charge >= 0.3 is 0 Å². The van der Waals surface area contributed by atoms with Crippen molar-refractivity contribution in [1.29, 1.82) is 0 Å². The van der Waals surface area contributed by atoms with E-state index in [9.17, 15) is 0 Å². The lowest BCUT2D eigenvalue weighted by molar-refractivity contribution is 0.654. The van der Waals surface area contributed by atoms with E-state index < -0.39 is 0 Å². The van der Waals surface area contributed by atoms with Gasteiger partial charge in [0.05, 0.1) is 22.1 Å². The number of anilines is 3. The lowest BCUT2D eigenvalue weighted by Crippen LogP contribution is -2.46. The fourth-order valence-corrected chi connectivity index (χ4v) is 3.15. The second-order valence-electron chi connectivity index (χ2n) is 5.13. The van der Waals surface area contributed by atoms with Crippen LogP contribution in [0.4, 0.5) is 17.1 Å². The third-order valence-corrected chi connectivity index (χ3v) is 4.36. The van der Waals surface area contributed by atoms with Crippen molar-refractivity contribution < 1.29 is 0 Å². The minimum absolute atomic E-state index is 0.672. The number of nitrogens with zero attached hydrogens (tertiary/aromatic N) is 2. The number of nitrogen functional groups attached to an aromatic ring is 1. The molecular weight excluding hydrogens is 305 g/mol. The summed E-state index contributed by atoms with van der Waals surface area (Å²) >= 11 is 12.2. The highest BCUT2D eigenvalue weighted by molar-refractivity contribution is 6.33. The second-order valence-corrected chi connectivity index (χ2v) is 5.97. The normalized spacial score (nSPS) is 15.3. The molecule has 0 amide bonds. The number of benzene rings is 2. The van der Waals surface area contributed by atoms with Crippen molar-refractivity contribution in [1.82, 2.24) is 0 Å². The van der Waals surface area contributed by atoms with Crippen molar-refractivity contribution in [2.75, 3.05) is 41.7 Å². The van der Waals surface area contributed by atoms with Crippen LogP contribution < -0.4 is 15.5 Å². The number of hydrogen-bond acceptors (Lipinski definition) is 3. The molecule has 2 N–H and O–H groups in total. The number of piperazine rings is 1. The highest BCUT2D eigenvalue weighted by atomic mass is 35.5. The third-order valence-electron chi connectivity index (χ3n) is 3.80. The number of hydrogen-bond donors (Lipinski definition) is 1. The molecule has 1 fully saturated rings. The molecule has 1 saturated heterocycles. The summed E-state index contributed by atoms with van der Waals surface area (Å²) in [7, 11) is 0. The zero-order valence-electron chi connectivity index (χ0n) is 11.6. The molecule has 3 rings (SSSR count). The Bertz CT molecular complexity index is 637. The molecule has 1 aliphatic rings. The van der Waals surface area contributed by atoms with E-state index in [1.807, 2.05) is 30.3 Å². The van der Waals surface area contributed by atoms with Gasteiger partial charge in [-0.15, -0.1) is 0 Å². The van der Waals surface area contributed by atoms with Crippen LogP contribution in [0.25, 0.3) is 0 Å². The van der Waals surface area contributed by atoms with E-state index in [1.165, 1.54) is 0 Å². The van der Waals surface area contributed by atoms with E-state index in [0.717, 1.165) is 48.3 Å². The molecule has 2 aromatic rings. The van der Waals surface area contributed by atoms with Crippen molar-refractivity contribution in [2.24, 2.45) is 0 Å². The first-order chi connectivity index (χ1) is 10.1. The molecule has 0 aliphatic carbocycles. The van der Waals surface area contributed by atoms with E-state index in [1.54, 1.807) is 6.07 Å². The van der Waals surface area contributed by atoms with Crippen LogP contribution in [0.15, 0.2) is 42.5 Å². The summed E-state index contributed by atoms with van der Waals surface area (Å²) in [4.78, 5) is 4.60. The summed E-state index contributed by atoms with van der Waals surface area (Å²) in [6.45, 7) is 3.67. The van der Waals surface area contributed by atoms with Crippen molar-refractivity contribution in [3.63, 3.8) is 0 Å². The monoisotopic (exact) mass is 321 g/mol. The van der Waals surface area contributed by atoms with Gasteiger partial charge in [0.2, 0.25) is 0 Å². The van der Waals surface area contributed by atoms with Gasteiger partial charge in [-0.3, -0.25) is 0 Å². The fourth-order valence-electron chi connectivity index (χ4n) is 2.71. The van der Waals surface area contributed by atoms with E-state index in [0.29, 0.717) is 5.02 Å². The topological polar surface area (TPSA) is 32.5 Å². The predicted octanol–water partition coefficient (Wildman–Crippen LogP) is 3.90. The lowest BCUT2D eigenvalue weighted by atomic mass is 10.2. The van der Waals surface area contributed by atoms with Crippen LogP contribution in [-0.2, 0) is 0 Å². The molecule has 21 heavy (non-hydrogen) atoms. The average Bonchev–Trinajstić information content (AvgIpc) is 2.48. The van der Waals surface area contributed by atoms with Crippen molar-refractivity contribution in [3.05, 3.63) is 52.5 Å². The molecule has 0 aromatic heterocycles. The summed E-state index contributed by atoms with van der Waals surface area (Å²) < 4.78 is 0.